The lowest BCUT2D eigenvalue weighted by atomic mass is 10.3. The molecule has 26 heavy (non-hydrogen) atoms. The van der Waals surface area contributed by atoms with Crippen molar-refractivity contribution in [1.82, 2.24) is 0 Å². The van der Waals surface area contributed by atoms with Gasteiger partial charge in [0, 0.05) is 18.2 Å². The molecule has 3 rings (SSSR count). The van der Waals surface area contributed by atoms with Crippen LogP contribution in [0.5, 0.6) is 11.5 Å². The Kier molecular flexibility index (Phi) is 5.62. The van der Waals surface area contributed by atoms with Crippen molar-refractivity contribution < 1.29 is 17.9 Å². The highest BCUT2D eigenvalue weighted by Crippen LogP contribution is 2.32. The molecule has 0 aromatic heterocycles. The number of rotatable bonds is 5. The minimum Gasteiger partial charge on any atom is -0.490 e. The normalized spacial score (nSPS) is 14.5. The third kappa shape index (κ3) is 4.66. The Balaban J connectivity index is 1.60. The Bertz CT molecular complexity index is 883. The number of ether oxygens (including phenoxy) is 2. The van der Waals surface area contributed by atoms with Crippen LogP contribution in [0, 0.1) is 0 Å². The van der Waals surface area contributed by atoms with Crippen molar-refractivity contribution in [3.63, 3.8) is 0 Å². The second-order valence-corrected chi connectivity index (χ2v) is 7.85. The summed E-state index contributed by atoms with van der Waals surface area (Å²) in [6.45, 7) is 1.29. The first-order chi connectivity index (χ1) is 12.5. The summed E-state index contributed by atoms with van der Waals surface area (Å²) in [5.74, 6) is 1.37. The first-order valence-corrected chi connectivity index (χ1v) is 9.94. The number of nitrogens with two attached hydrogens (primary N) is 1. The first kappa shape index (κ1) is 18.1. The molecular formula is C18H21N3O4S. The van der Waals surface area contributed by atoms with Crippen LogP contribution in [0.2, 0.25) is 0 Å². The van der Waals surface area contributed by atoms with Crippen LogP contribution in [0.4, 0.5) is 5.69 Å². The van der Waals surface area contributed by atoms with Gasteiger partial charge in [-0.15, -0.1) is 0 Å². The Morgan fingerprint density at radius 2 is 1.81 bits per heavy atom. The van der Waals surface area contributed by atoms with Crippen LogP contribution in [-0.4, -0.2) is 39.9 Å². The van der Waals surface area contributed by atoms with Gasteiger partial charge in [0.1, 0.15) is 0 Å². The van der Waals surface area contributed by atoms with Crippen LogP contribution in [-0.2, 0) is 9.84 Å². The molecule has 138 valence electrons. The first-order valence-electron chi connectivity index (χ1n) is 8.29. The minimum atomic E-state index is -3.37. The molecule has 0 atom stereocenters. The van der Waals surface area contributed by atoms with Gasteiger partial charge >= 0.3 is 0 Å². The number of aliphatic imine (C=N–C) groups is 1. The standard InChI is InChI=1S/C18H21N3O4S/c19-18(20-9-12-26(22,23)15-5-2-1-3-6-15)21-14-7-8-16-17(13-14)25-11-4-10-24-16/h1-3,5-8,13H,4,9-12H2,(H3,19,20,21). The quantitative estimate of drug-likeness (QED) is 0.612. The molecule has 0 fully saturated rings. The highest BCUT2D eigenvalue weighted by atomic mass is 32.2. The molecule has 1 heterocycles. The number of nitrogens with one attached hydrogen (secondary N) is 1. The van der Waals surface area contributed by atoms with Gasteiger partial charge < -0.3 is 20.5 Å². The molecule has 1 aliphatic rings. The summed E-state index contributed by atoms with van der Waals surface area (Å²) in [5, 5.41) is 2.94. The predicted molar refractivity (Wildman–Crippen MR) is 101 cm³/mol. The van der Waals surface area contributed by atoms with Gasteiger partial charge in [-0.1, -0.05) is 18.2 Å². The molecule has 8 heteroatoms. The highest BCUT2D eigenvalue weighted by Gasteiger charge is 2.13. The summed E-state index contributed by atoms with van der Waals surface area (Å²) in [7, 11) is -3.37. The molecule has 3 N–H and O–H groups in total. The summed E-state index contributed by atoms with van der Waals surface area (Å²) >= 11 is 0. The fraction of sp³-hybridized carbons (Fsp3) is 0.278. The van der Waals surface area contributed by atoms with Crippen LogP contribution in [0.3, 0.4) is 0 Å². The van der Waals surface area contributed by atoms with Crippen LogP contribution in [0.25, 0.3) is 0 Å². The maximum absolute atomic E-state index is 12.2. The van der Waals surface area contributed by atoms with E-state index in [4.69, 9.17) is 15.2 Å². The molecule has 2 aromatic carbocycles. The average molecular weight is 375 g/mol. The van der Waals surface area contributed by atoms with Crippen molar-refractivity contribution in [2.24, 2.45) is 10.7 Å². The lowest BCUT2D eigenvalue weighted by molar-refractivity contribution is 0.297. The van der Waals surface area contributed by atoms with Crippen LogP contribution in [0.1, 0.15) is 6.42 Å². The maximum atomic E-state index is 12.2. The molecule has 1 aliphatic heterocycles. The van der Waals surface area contributed by atoms with E-state index in [1.54, 1.807) is 48.5 Å². The van der Waals surface area contributed by atoms with Gasteiger partial charge in [0.15, 0.2) is 27.3 Å². The zero-order valence-corrected chi connectivity index (χ0v) is 15.0. The zero-order valence-electron chi connectivity index (χ0n) is 14.2. The fourth-order valence-corrected chi connectivity index (χ4v) is 3.60. The van der Waals surface area contributed by atoms with E-state index in [0.717, 1.165) is 6.42 Å². The predicted octanol–water partition coefficient (Wildman–Crippen LogP) is 2.05. The summed E-state index contributed by atoms with van der Waals surface area (Å²) in [4.78, 5) is 4.37. The number of guanidine groups is 1. The van der Waals surface area contributed by atoms with Gasteiger partial charge in [-0.25, -0.2) is 8.42 Å². The maximum Gasteiger partial charge on any atom is 0.193 e. The smallest absolute Gasteiger partial charge is 0.193 e. The Morgan fingerprint density at radius 3 is 2.58 bits per heavy atom. The van der Waals surface area contributed by atoms with Crippen LogP contribution >= 0.6 is 0 Å². The molecule has 2 aromatic rings. The van der Waals surface area contributed by atoms with Gasteiger partial charge in [-0.2, -0.15) is 0 Å². The van der Waals surface area contributed by atoms with Crippen molar-refractivity contribution in [3.8, 4) is 11.5 Å². The Labute approximate surface area is 152 Å². The van der Waals surface area contributed by atoms with Crippen LogP contribution < -0.4 is 20.5 Å². The van der Waals surface area contributed by atoms with Gasteiger partial charge in [-0.05, 0) is 24.3 Å². The molecule has 7 nitrogen and oxygen atoms in total. The van der Waals surface area contributed by atoms with Crippen LogP contribution in [0.15, 0.2) is 58.4 Å². The SMILES string of the molecule is NC(=NCCS(=O)(=O)c1ccccc1)Nc1ccc2c(c1)OCCCO2. The highest BCUT2D eigenvalue weighted by molar-refractivity contribution is 7.91. The van der Waals surface area contributed by atoms with E-state index in [1.807, 2.05) is 0 Å². The molecule has 0 aliphatic carbocycles. The summed E-state index contributed by atoms with van der Waals surface area (Å²) in [5.41, 5.74) is 6.55. The van der Waals surface area contributed by atoms with E-state index in [9.17, 15) is 8.42 Å². The number of anilines is 1. The van der Waals surface area contributed by atoms with Gasteiger partial charge in [-0.3, -0.25) is 4.99 Å². The van der Waals surface area contributed by atoms with E-state index in [0.29, 0.717) is 30.4 Å². The van der Waals surface area contributed by atoms with E-state index in [-0.39, 0.29) is 23.2 Å². The minimum absolute atomic E-state index is 0.0701. The van der Waals surface area contributed by atoms with Crippen molar-refractivity contribution in [1.29, 1.82) is 0 Å². The average Bonchev–Trinajstić information content (AvgIpc) is 2.87. The molecule has 0 amide bonds. The van der Waals surface area contributed by atoms with E-state index in [2.05, 4.69) is 10.3 Å². The Morgan fingerprint density at radius 1 is 1.08 bits per heavy atom. The topological polar surface area (TPSA) is 103 Å². The number of benzene rings is 2. The third-order valence-electron chi connectivity index (χ3n) is 3.76. The molecule has 0 saturated heterocycles. The van der Waals surface area contributed by atoms with Gasteiger partial charge in [0.05, 0.1) is 30.4 Å². The summed E-state index contributed by atoms with van der Waals surface area (Å²) in [6, 6.07) is 13.7. The largest absolute Gasteiger partial charge is 0.490 e. The molecule has 0 radical (unpaired) electrons. The van der Waals surface area contributed by atoms with Crippen molar-refractivity contribution in [3.05, 3.63) is 48.5 Å². The summed E-state index contributed by atoms with van der Waals surface area (Å²) < 4.78 is 35.6. The molecule has 0 saturated carbocycles. The molecule has 0 spiro atoms. The van der Waals surface area contributed by atoms with E-state index < -0.39 is 9.84 Å². The molecular weight excluding hydrogens is 354 g/mol. The molecule has 0 bridgehead atoms. The lowest BCUT2D eigenvalue weighted by Crippen LogP contribution is -2.24. The zero-order chi connectivity index (χ0) is 18.4. The molecule has 0 unspecified atom stereocenters. The summed E-state index contributed by atoms with van der Waals surface area (Å²) in [6.07, 6.45) is 0.830. The van der Waals surface area contributed by atoms with Gasteiger partial charge in [0.2, 0.25) is 0 Å². The van der Waals surface area contributed by atoms with Crippen molar-refractivity contribution in [2.75, 3.05) is 30.8 Å². The second-order valence-electron chi connectivity index (χ2n) is 5.74. The number of hydrogen-bond donors (Lipinski definition) is 2. The van der Waals surface area contributed by atoms with E-state index in [1.165, 1.54) is 0 Å². The number of fused-ring (bicyclic) bond motifs is 1. The Hall–Kier alpha value is -2.74. The lowest BCUT2D eigenvalue weighted by Gasteiger charge is -2.10. The van der Waals surface area contributed by atoms with Gasteiger partial charge in [0.25, 0.3) is 0 Å². The number of hydrogen-bond acceptors (Lipinski definition) is 5. The van der Waals surface area contributed by atoms with Crippen molar-refractivity contribution >= 4 is 21.5 Å². The fourth-order valence-electron chi connectivity index (χ4n) is 2.46. The third-order valence-corrected chi connectivity index (χ3v) is 5.47. The second kappa shape index (κ2) is 8.09. The number of nitrogens with zero attached hydrogens (tertiary/aromatic N) is 1. The van der Waals surface area contributed by atoms with E-state index >= 15 is 0 Å². The number of sulfone groups is 1. The monoisotopic (exact) mass is 375 g/mol. The van der Waals surface area contributed by atoms with Crippen molar-refractivity contribution in [2.45, 2.75) is 11.3 Å².